The van der Waals surface area contributed by atoms with Crippen LogP contribution in [0.1, 0.15) is 12.8 Å². The maximum Gasteiger partial charge on any atom is 0.345 e. The molecule has 0 aliphatic carbocycles. The summed E-state index contributed by atoms with van der Waals surface area (Å²) in [5.74, 6) is 1.09. The smallest absolute Gasteiger partial charge is 0.345 e. The van der Waals surface area contributed by atoms with Crippen molar-refractivity contribution in [3.63, 3.8) is 0 Å². The lowest BCUT2D eigenvalue weighted by molar-refractivity contribution is -0.380. The summed E-state index contributed by atoms with van der Waals surface area (Å²) < 4.78 is 1.86. The van der Waals surface area contributed by atoms with E-state index in [1.807, 2.05) is 17.8 Å². The van der Waals surface area contributed by atoms with Gasteiger partial charge >= 0.3 is 5.00 Å². The van der Waals surface area contributed by atoms with Crippen LogP contribution < -0.4 is 10.2 Å². The van der Waals surface area contributed by atoms with Crippen LogP contribution in [0.3, 0.4) is 0 Å². The van der Waals surface area contributed by atoms with Crippen molar-refractivity contribution in [3.8, 4) is 0 Å². The molecule has 9 heteroatoms. The molecule has 1 fully saturated rings. The van der Waals surface area contributed by atoms with Crippen LogP contribution in [-0.4, -0.2) is 38.8 Å². The first-order valence-electron chi connectivity index (χ1n) is 6.73. The number of rotatable bonds is 4. The molecule has 1 aliphatic rings. The lowest BCUT2D eigenvalue weighted by Crippen LogP contribution is -2.42. The van der Waals surface area contributed by atoms with E-state index in [-0.39, 0.29) is 11.0 Å². The number of aromatic nitrogens is 3. The van der Waals surface area contributed by atoms with E-state index in [1.54, 1.807) is 6.20 Å². The van der Waals surface area contributed by atoms with Crippen LogP contribution in [0.4, 0.5) is 16.0 Å². The van der Waals surface area contributed by atoms with E-state index < -0.39 is 4.92 Å². The van der Waals surface area contributed by atoms with Crippen molar-refractivity contribution in [2.45, 2.75) is 18.9 Å². The monoisotopic (exact) mass is 308 g/mol. The molecule has 0 spiro atoms. The highest BCUT2D eigenvalue weighted by molar-refractivity contribution is 7.18. The standard InChI is InChI=1S/C12H16N6O2S/c1-16-10(4-5-14-16)17-6-2-3-9(8-17)15-12-13-7-11(21-12)18(19)20/h4-5,7,9H,2-3,6,8H2,1H3,(H,13,15). The Hall–Kier alpha value is -2.16. The molecule has 1 saturated heterocycles. The first-order valence-corrected chi connectivity index (χ1v) is 7.55. The number of nitrogens with zero attached hydrogens (tertiary/aromatic N) is 5. The number of thiazole rings is 1. The van der Waals surface area contributed by atoms with Gasteiger partial charge in [0, 0.05) is 32.2 Å². The van der Waals surface area contributed by atoms with E-state index in [0.29, 0.717) is 5.13 Å². The molecule has 0 aromatic carbocycles. The molecule has 2 aromatic heterocycles. The van der Waals surface area contributed by atoms with Gasteiger partial charge in [-0.1, -0.05) is 0 Å². The zero-order valence-electron chi connectivity index (χ0n) is 11.6. The second kappa shape index (κ2) is 5.68. The van der Waals surface area contributed by atoms with Crippen LogP contribution in [0, 0.1) is 10.1 Å². The third-order valence-corrected chi connectivity index (χ3v) is 4.42. The molecule has 0 bridgehead atoms. The van der Waals surface area contributed by atoms with Crippen molar-refractivity contribution < 1.29 is 4.92 Å². The molecule has 0 radical (unpaired) electrons. The summed E-state index contributed by atoms with van der Waals surface area (Å²) in [5, 5.41) is 18.9. The van der Waals surface area contributed by atoms with Gasteiger partial charge in [0.15, 0.2) is 5.13 Å². The summed E-state index contributed by atoms with van der Waals surface area (Å²) in [7, 11) is 1.93. The Morgan fingerprint density at radius 3 is 3.10 bits per heavy atom. The average Bonchev–Trinajstić information content (AvgIpc) is 3.08. The fourth-order valence-corrected chi connectivity index (χ4v) is 3.28. The van der Waals surface area contributed by atoms with Gasteiger partial charge in [0.25, 0.3) is 0 Å². The van der Waals surface area contributed by atoms with Crippen molar-refractivity contribution >= 4 is 27.3 Å². The zero-order valence-corrected chi connectivity index (χ0v) is 12.4. The molecule has 8 nitrogen and oxygen atoms in total. The number of hydrogen-bond acceptors (Lipinski definition) is 7. The van der Waals surface area contributed by atoms with Gasteiger partial charge < -0.3 is 10.2 Å². The largest absolute Gasteiger partial charge is 0.357 e. The van der Waals surface area contributed by atoms with Gasteiger partial charge in [-0.15, -0.1) is 0 Å². The average molecular weight is 308 g/mol. The van der Waals surface area contributed by atoms with Gasteiger partial charge in [0.05, 0.1) is 11.1 Å². The highest BCUT2D eigenvalue weighted by Crippen LogP contribution is 2.27. The van der Waals surface area contributed by atoms with Crippen molar-refractivity contribution in [3.05, 3.63) is 28.6 Å². The lowest BCUT2D eigenvalue weighted by Gasteiger charge is -2.34. The van der Waals surface area contributed by atoms with Crippen LogP contribution in [0.5, 0.6) is 0 Å². The van der Waals surface area contributed by atoms with Crippen LogP contribution >= 0.6 is 11.3 Å². The van der Waals surface area contributed by atoms with Crippen molar-refractivity contribution in [2.75, 3.05) is 23.3 Å². The molecule has 1 atom stereocenters. The Kier molecular flexibility index (Phi) is 3.74. The molecule has 1 unspecified atom stereocenters. The van der Waals surface area contributed by atoms with Crippen molar-refractivity contribution in [1.29, 1.82) is 0 Å². The number of aryl methyl sites for hydroxylation is 1. The van der Waals surface area contributed by atoms with Crippen LogP contribution in [0.2, 0.25) is 0 Å². The molecule has 3 rings (SSSR count). The second-order valence-corrected chi connectivity index (χ2v) is 6.01. The van der Waals surface area contributed by atoms with Crippen molar-refractivity contribution in [2.24, 2.45) is 7.05 Å². The van der Waals surface area contributed by atoms with Gasteiger partial charge in [-0.3, -0.25) is 14.8 Å². The van der Waals surface area contributed by atoms with E-state index in [2.05, 4.69) is 20.3 Å². The number of nitro groups is 1. The Bertz CT molecular complexity index is 639. The molecule has 0 amide bonds. The predicted molar refractivity (Wildman–Crippen MR) is 80.8 cm³/mol. The van der Waals surface area contributed by atoms with Gasteiger partial charge in [0.1, 0.15) is 12.0 Å². The minimum atomic E-state index is -0.411. The first-order chi connectivity index (χ1) is 10.1. The molecule has 21 heavy (non-hydrogen) atoms. The quantitative estimate of drug-likeness (QED) is 0.685. The van der Waals surface area contributed by atoms with E-state index in [4.69, 9.17) is 0 Å². The second-order valence-electron chi connectivity index (χ2n) is 5.00. The third-order valence-electron chi connectivity index (χ3n) is 3.54. The summed E-state index contributed by atoms with van der Waals surface area (Å²) >= 11 is 1.08. The van der Waals surface area contributed by atoms with Crippen LogP contribution in [-0.2, 0) is 7.05 Å². The van der Waals surface area contributed by atoms with E-state index in [9.17, 15) is 10.1 Å². The molecular formula is C12H16N6O2S. The minimum Gasteiger partial charge on any atom is -0.357 e. The SMILES string of the molecule is Cn1nccc1N1CCCC(Nc2ncc([N+](=O)[O-])s2)C1. The van der Waals surface area contributed by atoms with E-state index in [0.717, 1.165) is 43.1 Å². The summed E-state index contributed by atoms with van der Waals surface area (Å²) in [5.41, 5.74) is 0. The van der Waals surface area contributed by atoms with E-state index >= 15 is 0 Å². The van der Waals surface area contributed by atoms with Gasteiger partial charge in [-0.05, 0) is 24.2 Å². The Morgan fingerprint density at radius 1 is 1.57 bits per heavy atom. The Labute approximate surface area is 125 Å². The third kappa shape index (κ3) is 2.97. The number of anilines is 2. The molecule has 1 aliphatic heterocycles. The van der Waals surface area contributed by atoms with Gasteiger partial charge in [0.2, 0.25) is 0 Å². The zero-order chi connectivity index (χ0) is 14.8. The summed E-state index contributed by atoms with van der Waals surface area (Å²) in [6, 6.07) is 2.23. The number of piperidine rings is 1. The molecule has 2 aromatic rings. The number of hydrogen-bond donors (Lipinski definition) is 1. The first kappa shape index (κ1) is 13.8. The molecule has 1 N–H and O–H groups in total. The van der Waals surface area contributed by atoms with Gasteiger partial charge in [-0.25, -0.2) is 4.98 Å². The number of nitrogens with one attached hydrogen (secondary N) is 1. The topological polar surface area (TPSA) is 89.1 Å². The Morgan fingerprint density at radius 2 is 2.43 bits per heavy atom. The lowest BCUT2D eigenvalue weighted by atomic mass is 10.1. The molecule has 0 saturated carbocycles. The molecular weight excluding hydrogens is 292 g/mol. The Balaban J connectivity index is 1.66. The summed E-state index contributed by atoms with van der Waals surface area (Å²) in [6.45, 7) is 1.84. The maximum absolute atomic E-state index is 10.7. The minimum absolute atomic E-state index is 0.0665. The highest BCUT2D eigenvalue weighted by atomic mass is 32.1. The molecule has 112 valence electrons. The van der Waals surface area contributed by atoms with Crippen LogP contribution in [0.15, 0.2) is 18.5 Å². The fraction of sp³-hybridized carbons (Fsp3) is 0.500. The molecule has 3 heterocycles. The van der Waals surface area contributed by atoms with E-state index in [1.165, 1.54) is 6.20 Å². The maximum atomic E-state index is 10.7. The summed E-state index contributed by atoms with van der Waals surface area (Å²) in [4.78, 5) is 16.6. The highest BCUT2D eigenvalue weighted by Gasteiger charge is 2.23. The fourth-order valence-electron chi connectivity index (χ4n) is 2.57. The summed E-state index contributed by atoms with van der Waals surface area (Å²) in [6.07, 6.45) is 5.18. The van der Waals surface area contributed by atoms with Crippen molar-refractivity contribution in [1.82, 2.24) is 14.8 Å². The van der Waals surface area contributed by atoms with Gasteiger partial charge in [-0.2, -0.15) is 5.10 Å². The normalized spacial score (nSPS) is 18.7. The predicted octanol–water partition coefficient (Wildman–Crippen LogP) is 1.87. The van der Waals surface area contributed by atoms with Crippen LogP contribution in [0.25, 0.3) is 0 Å².